The van der Waals surface area contributed by atoms with E-state index < -0.39 is 0 Å². The largest absolute Gasteiger partial charge is 0.396 e. The minimum atomic E-state index is 0.376. The predicted octanol–water partition coefficient (Wildman–Crippen LogP) is 1.66. The van der Waals surface area contributed by atoms with E-state index in [-0.39, 0.29) is 0 Å². The van der Waals surface area contributed by atoms with Crippen molar-refractivity contribution in [1.29, 1.82) is 0 Å². The SMILES string of the molecule is OCC1CCN(CC2CC=CCC2)C1. The molecule has 2 aliphatic rings. The Morgan fingerprint density at radius 1 is 1.21 bits per heavy atom. The topological polar surface area (TPSA) is 23.5 Å². The molecule has 0 spiro atoms. The molecule has 2 rings (SSSR count). The van der Waals surface area contributed by atoms with Gasteiger partial charge in [0.25, 0.3) is 0 Å². The summed E-state index contributed by atoms with van der Waals surface area (Å²) in [5.41, 5.74) is 0. The molecule has 2 heteroatoms. The second kappa shape index (κ2) is 4.94. The van der Waals surface area contributed by atoms with Gasteiger partial charge in [0.2, 0.25) is 0 Å². The van der Waals surface area contributed by atoms with Gasteiger partial charge >= 0.3 is 0 Å². The van der Waals surface area contributed by atoms with Gasteiger partial charge in [0.05, 0.1) is 0 Å². The number of hydrogen-bond donors (Lipinski definition) is 1. The molecule has 80 valence electrons. The summed E-state index contributed by atoms with van der Waals surface area (Å²) < 4.78 is 0. The number of allylic oxidation sites excluding steroid dienone is 2. The molecule has 0 aromatic heterocycles. The van der Waals surface area contributed by atoms with Crippen molar-refractivity contribution in [1.82, 2.24) is 4.90 Å². The van der Waals surface area contributed by atoms with Gasteiger partial charge in [0, 0.05) is 19.7 Å². The lowest BCUT2D eigenvalue weighted by Crippen LogP contribution is -2.28. The quantitative estimate of drug-likeness (QED) is 0.692. The lowest BCUT2D eigenvalue weighted by molar-refractivity contribution is 0.210. The zero-order chi connectivity index (χ0) is 9.80. The average molecular weight is 195 g/mol. The highest BCUT2D eigenvalue weighted by molar-refractivity contribution is 4.91. The molecule has 1 aliphatic heterocycles. The van der Waals surface area contributed by atoms with Crippen LogP contribution in [0.1, 0.15) is 25.7 Å². The van der Waals surface area contributed by atoms with Gasteiger partial charge in [0.1, 0.15) is 0 Å². The number of likely N-dealkylation sites (tertiary alicyclic amines) is 1. The average Bonchev–Trinajstić information content (AvgIpc) is 2.67. The van der Waals surface area contributed by atoms with Crippen LogP contribution in [0.25, 0.3) is 0 Å². The number of hydrogen-bond acceptors (Lipinski definition) is 2. The Hall–Kier alpha value is -0.340. The Labute approximate surface area is 86.6 Å². The van der Waals surface area contributed by atoms with Crippen LogP contribution in [0.2, 0.25) is 0 Å². The van der Waals surface area contributed by atoms with E-state index in [1.807, 2.05) is 0 Å². The molecule has 2 nitrogen and oxygen atoms in total. The number of nitrogens with zero attached hydrogens (tertiary/aromatic N) is 1. The van der Waals surface area contributed by atoms with Gasteiger partial charge in [-0.1, -0.05) is 12.2 Å². The first-order valence-corrected chi connectivity index (χ1v) is 5.86. The maximum absolute atomic E-state index is 9.05. The molecule has 0 aromatic carbocycles. The standard InChI is InChI=1S/C12H21NO/c14-10-12-6-7-13(9-12)8-11-4-2-1-3-5-11/h1-2,11-12,14H,3-10H2. The van der Waals surface area contributed by atoms with Crippen LogP contribution < -0.4 is 0 Å². The molecule has 0 bridgehead atoms. The Kier molecular flexibility index (Phi) is 3.60. The fourth-order valence-electron chi connectivity index (χ4n) is 2.61. The number of aliphatic hydroxyl groups excluding tert-OH is 1. The molecule has 0 radical (unpaired) electrons. The number of aliphatic hydroxyl groups is 1. The minimum absolute atomic E-state index is 0.376. The molecule has 0 saturated carbocycles. The van der Waals surface area contributed by atoms with Crippen LogP contribution in [0.15, 0.2) is 12.2 Å². The monoisotopic (exact) mass is 195 g/mol. The van der Waals surface area contributed by atoms with E-state index in [9.17, 15) is 0 Å². The van der Waals surface area contributed by atoms with Crippen molar-refractivity contribution < 1.29 is 5.11 Å². The van der Waals surface area contributed by atoms with E-state index in [0.717, 1.165) is 12.5 Å². The van der Waals surface area contributed by atoms with E-state index in [4.69, 9.17) is 5.11 Å². The van der Waals surface area contributed by atoms with E-state index in [1.54, 1.807) is 0 Å². The molecular formula is C12H21NO. The molecule has 0 amide bonds. The Bertz CT molecular complexity index is 202. The van der Waals surface area contributed by atoms with Crippen molar-refractivity contribution >= 4 is 0 Å². The molecule has 1 aliphatic carbocycles. The maximum atomic E-state index is 9.05. The van der Waals surface area contributed by atoms with E-state index in [1.165, 1.54) is 38.8 Å². The van der Waals surface area contributed by atoms with E-state index in [2.05, 4.69) is 17.1 Å². The van der Waals surface area contributed by atoms with Crippen LogP contribution >= 0.6 is 0 Å². The van der Waals surface area contributed by atoms with Crippen molar-refractivity contribution in [2.75, 3.05) is 26.2 Å². The van der Waals surface area contributed by atoms with Gasteiger partial charge in [-0.2, -0.15) is 0 Å². The Morgan fingerprint density at radius 3 is 2.79 bits per heavy atom. The molecule has 2 atom stereocenters. The Balaban J connectivity index is 1.73. The van der Waals surface area contributed by atoms with Gasteiger partial charge in [-0.05, 0) is 44.1 Å². The predicted molar refractivity (Wildman–Crippen MR) is 58.1 cm³/mol. The first-order chi connectivity index (χ1) is 6.88. The second-order valence-electron chi connectivity index (χ2n) is 4.75. The van der Waals surface area contributed by atoms with Crippen LogP contribution in [-0.4, -0.2) is 36.2 Å². The first kappa shape index (κ1) is 10.2. The maximum Gasteiger partial charge on any atom is 0.0471 e. The third kappa shape index (κ3) is 2.58. The molecule has 14 heavy (non-hydrogen) atoms. The van der Waals surface area contributed by atoms with Crippen LogP contribution in [0.4, 0.5) is 0 Å². The van der Waals surface area contributed by atoms with Crippen molar-refractivity contribution in [3.05, 3.63) is 12.2 Å². The highest BCUT2D eigenvalue weighted by Gasteiger charge is 2.23. The fourth-order valence-corrected chi connectivity index (χ4v) is 2.61. The van der Waals surface area contributed by atoms with Gasteiger partial charge in [0.15, 0.2) is 0 Å². The molecule has 1 heterocycles. The zero-order valence-electron chi connectivity index (χ0n) is 8.86. The third-order valence-corrected chi connectivity index (χ3v) is 3.52. The Morgan fingerprint density at radius 2 is 2.14 bits per heavy atom. The minimum Gasteiger partial charge on any atom is -0.396 e. The molecule has 1 fully saturated rings. The summed E-state index contributed by atoms with van der Waals surface area (Å²) in [6, 6.07) is 0. The van der Waals surface area contributed by atoms with Gasteiger partial charge in [-0.25, -0.2) is 0 Å². The van der Waals surface area contributed by atoms with Gasteiger partial charge in [-0.15, -0.1) is 0 Å². The van der Waals surface area contributed by atoms with Crippen molar-refractivity contribution in [2.24, 2.45) is 11.8 Å². The molecule has 0 aromatic rings. The van der Waals surface area contributed by atoms with Crippen molar-refractivity contribution in [3.8, 4) is 0 Å². The van der Waals surface area contributed by atoms with E-state index >= 15 is 0 Å². The normalized spacial score (nSPS) is 33.8. The summed E-state index contributed by atoms with van der Waals surface area (Å²) in [4.78, 5) is 2.53. The van der Waals surface area contributed by atoms with Crippen LogP contribution in [0, 0.1) is 11.8 Å². The third-order valence-electron chi connectivity index (χ3n) is 3.52. The summed E-state index contributed by atoms with van der Waals surface area (Å²) in [6.07, 6.45) is 9.71. The summed E-state index contributed by atoms with van der Waals surface area (Å²) >= 11 is 0. The fraction of sp³-hybridized carbons (Fsp3) is 0.833. The zero-order valence-corrected chi connectivity index (χ0v) is 8.86. The van der Waals surface area contributed by atoms with Crippen molar-refractivity contribution in [2.45, 2.75) is 25.7 Å². The molecular weight excluding hydrogens is 174 g/mol. The molecule has 2 unspecified atom stereocenters. The second-order valence-corrected chi connectivity index (χ2v) is 4.75. The molecule has 1 N–H and O–H groups in total. The summed E-state index contributed by atoms with van der Waals surface area (Å²) in [6.45, 7) is 3.95. The summed E-state index contributed by atoms with van der Waals surface area (Å²) in [5.74, 6) is 1.42. The van der Waals surface area contributed by atoms with Crippen LogP contribution in [0.5, 0.6) is 0 Å². The number of rotatable bonds is 3. The van der Waals surface area contributed by atoms with Crippen LogP contribution in [0.3, 0.4) is 0 Å². The highest BCUT2D eigenvalue weighted by Crippen LogP contribution is 2.23. The summed E-state index contributed by atoms with van der Waals surface area (Å²) in [7, 11) is 0. The highest BCUT2D eigenvalue weighted by atomic mass is 16.3. The van der Waals surface area contributed by atoms with E-state index in [0.29, 0.717) is 12.5 Å². The van der Waals surface area contributed by atoms with Crippen LogP contribution in [-0.2, 0) is 0 Å². The lowest BCUT2D eigenvalue weighted by Gasteiger charge is -2.24. The smallest absolute Gasteiger partial charge is 0.0471 e. The van der Waals surface area contributed by atoms with Crippen molar-refractivity contribution in [3.63, 3.8) is 0 Å². The lowest BCUT2D eigenvalue weighted by atomic mass is 9.94. The summed E-state index contributed by atoms with van der Waals surface area (Å²) in [5, 5.41) is 9.05. The first-order valence-electron chi connectivity index (χ1n) is 5.86. The van der Waals surface area contributed by atoms with Gasteiger partial charge < -0.3 is 10.0 Å². The molecule has 1 saturated heterocycles. The van der Waals surface area contributed by atoms with Gasteiger partial charge in [-0.3, -0.25) is 0 Å².